The molecule has 3 heterocycles. The summed E-state index contributed by atoms with van der Waals surface area (Å²) in [5, 5.41) is 7.07. The monoisotopic (exact) mass is 552 g/mol. The second-order valence-electron chi connectivity index (χ2n) is 9.10. The second kappa shape index (κ2) is 12.7. The molecular weight excluding hydrogens is 520 g/mol. The molecule has 1 aromatic carbocycles. The summed E-state index contributed by atoms with van der Waals surface area (Å²) in [6.45, 7) is 8.28. The van der Waals surface area contributed by atoms with Gasteiger partial charge in [0, 0.05) is 38.5 Å². The van der Waals surface area contributed by atoms with Gasteiger partial charge in [-0.1, -0.05) is 41.2 Å². The van der Waals surface area contributed by atoms with E-state index in [1.807, 2.05) is 6.92 Å². The number of benzene rings is 1. The fourth-order valence-corrected chi connectivity index (χ4v) is 4.98. The fraction of sp³-hybridized carbons (Fsp3) is 0.407. The van der Waals surface area contributed by atoms with Crippen molar-refractivity contribution in [3.8, 4) is 0 Å². The number of fused-ring (bicyclic) bond motifs is 1. The van der Waals surface area contributed by atoms with E-state index in [0.29, 0.717) is 59.9 Å². The molecule has 2 aromatic heterocycles. The third kappa shape index (κ3) is 7.29. The van der Waals surface area contributed by atoms with E-state index < -0.39 is 11.9 Å². The van der Waals surface area contributed by atoms with Crippen LogP contribution in [0.5, 0.6) is 0 Å². The zero-order valence-electron chi connectivity index (χ0n) is 22.5. The van der Waals surface area contributed by atoms with Gasteiger partial charge in [-0.3, -0.25) is 14.9 Å². The zero-order chi connectivity index (χ0) is 27.9. The number of amides is 1. The molecule has 206 valence electrons. The zero-order valence-corrected chi connectivity index (χ0v) is 23.3. The van der Waals surface area contributed by atoms with Crippen molar-refractivity contribution >= 4 is 46.1 Å². The van der Waals surface area contributed by atoms with Crippen LogP contribution in [-0.2, 0) is 38.4 Å². The molecule has 3 aromatic rings. The number of thiazole rings is 1. The predicted molar refractivity (Wildman–Crippen MR) is 147 cm³/mol. The van der Waals surface area contributed by atoms with Gasteiger partial charge in [0.2, 0.25) is 5.95 Å². The minimum Gasteiger partial charge on any atom is -0.462 e. The summed E-state index contributed by atoms with van der Waals surface area (Å²) in [5.41, 5.74) is 4.58. The molecule has 2 N–H and O–H groups in total. The van der Waals surface area contributed by atoms with Gasteiger partial charge in [-0.25, -0.2) is 14.8 Å². The van der Waals surface area contributed by atoms with Crippen LogP contribution in [0.2, 0.25) is 0 Å². The average Bonchev–Trinajstić information content (AvgIpc) is 3.13. The van der Waals surface area contributed by atoms with Gasteiger partial charge in [-0.05, 0) is 32.8 Å². The van der Waals surface area contributed by atoms with Crippen molar-refractivity contribution in [3.05, 3.63) is 57.2 Å². The summed E-state index contributed by atoms with van der Waals surface area (Å²) in [6.07, 6.45) is 1.05. The minimum absolute atomic E-state index is 0.247. The SMILES string of the molecule is CCOC(=O)c1sc(Nc2nc3c(c(NCc4ccc(C)cc4)n2)CCN(C(=O)COC(C)=O)CC3)nc1C. The highest BCUT2D eigenvalue weighted by Gasteiger charge is 2.24. The van der Waals surface area contributed by atoms with Crippen molar-refractivity contribution in [2.45, 2.75) is 47.1 Å². The molecule has 0 fully saturated rings. The highest BCUT2D eigenvalue weighted by Crippen LogP contribution is 2.28. The third-order valence-electron chi connectivity index (χ3n) is 6.15. The lowest BCUT2D eigenvalue weighted by Gasteiger charge is -2.19. The van der Waals surface area contributed by atoms with Crippen LogP contribution in [0.1, 0.15) is 51.6 Å². The first kappa shape index (κ1) is 28.0. The summed E-state index contributed by atoms with van der Waals surface area (Å²) in [6, 6.07) is 8.24. The van der Waals surface area contributed by atoms with E-state index >= 15 is 0 Å². The van der Waals surface area contributed by atoms with E-state index in [9.17, 15) is 14.4 Å². The number of hydrogen-bond donors (Lipinski definition) is 2. The summed E-state index contributed by atoms with van der Waals surface area (Å²) in [7, 11) is 0. The normalized spacial score (nSPS) is 12.8. The summed E-state index contributed by atoms with van der Waals surface area (Å²) in [4.78, 5) is 52.1. The van der Waals surface area contributed by atoms with Crippen molar-refractivity contribution in [2.75, 3.05) is 36.9 Å². The molecule has 0 atom stereocenters. The van der Waals surface area contributed by atoms with Crippen LogP contribution in [0.4, 0.5) is 16.9 Å². The van der Waals surface area contributed by atoms with E-state index in [-0.39, 0.29) is 19.1 Å². The van der Waals surface area contributed by atoms with Crippen LogP contribution in [0, 0.1) is 13.8 Å². The molecule has 0 saturated heterocycles. The van der Waals surface area contributed by atoms with E-state index in [1.54, 1.807) is 18.7 Å². The minimum atomic E-state index is -0.492. The van der Waals surface area contributed by atoms with E-state index in [0.717, 1.165) is 16.8 Å². The number of aryl methyl sites for hydroxylation is 2. The Kier molecular flexibility index (Phi) is 9.07. The number of ether oxygens (including phenoxy) is 2. The van der Waals surface area contributed by atoms with Gasteiger partial charge in [0.1, 0.15) is 10.7 Å². The van der Waals surface area contributed by atoms with E-state index in [2.05, 4.69) is 39.9 Å². The molecule has 0 spiro atoms. The van der Waals surface area contributed by atoms with E-state index in [4.69, 9.17) is 19.4 Å². The second-order valence-corrected chi connectivity index (χ2v) is 10.1. The van der Waals surface area contributed by atoms with Gasteiger partial charge in [-0.2, -0.15) is 4.98 Å². The van der Waals surface area contributed by atoms with Crippen molar-refractivity contribution in [2.24, 2.45) is 0 Å². The molecule has 4 rings (SSSR count). The average molecular weight is 553 g/mol. The Labute approximate surface area is 231 Å². The maximum Gasteiger partial charge on any atom is 0.350 e. The first-order chi connectivity index (χ1) is 18.7. The molecule has 11 nitrogen and oxygen atoms in total. The largest absolute Gasteiger partial charge is 0.462 e. The number of rotatable bonds is 9. The molecule has 1 aliphatic rings. The summed E-state index contributed by atoms with van der Waals surface area (Å²) < 4.78 is 10.0. The standard InChI is InChI=1S/C27H32N6O5S/c1-5-37-25(36)23-17(3)29-27(39-23)32-26-30-21-11-13-33(22(35)15-38-18(4)34)12-10-20(21)24(31-26)28-14-19-8-6-16(2)7-9-19/h6-9H,5,10-15H2,1-4H3,(H2,28,29,30,31,32). The Balaban J connectivity index is 1.59. The van der Waals surface area contributed by atoms with E-state index in [1.165, 1.54) is 23.8 Å². The topological polar surface area (TPSA) is 136 Å². The maximum atomic E-state index is 12.6. The van der Waals surface area contributed by atoms with Crippen molar-refractivity contribution < 1.29 is 23.9 Å². The number of aromatic nitrogens is 3. The number of carbonyl (C=O) groups excluding carboxylic acids is 3. The molecule has 0 unspecified atom stereocenters. The molecule has 1 aliphatic heterocycles. The number of nitrogens with zero attached hydrogens (tertiary/aromatic N) is 4. The molecular formula is C27H32N6O5S. The van der Waals surface area contributed by atoms with Crippen molar-refractivity contribution in [1.29, 1.82) is 0 Å². The Hall–Kier alpha value is -4.06. The van der Waals surface area contributed by atoms with Gasteiger partial charge < -0.3 is 19.7 Å². The van der Waals surface area contributed by atoms with Crippen LogP contribution >= 0.6 is 11.3 Å². The van der Waals surface area contributed by atoms with Crippen LogP contribution < -0.4 is 10.6 Å². The first-order valence-corrected chi connectivity index (χ1v) is 13.6. The van der Waals surface area contributed by atoms with Crippen molar-refractivity contribution in [3.63, 3.8) is 0 Å². The lowest BCUT2D eigenvalue weighted by atomic mass is 10.1. The Morgan fingerprint density at radius 3 is 2.49 bits per heavy atom. The lowest BCUT2D eigenvalue weighted by Crippen LogP contribution is -2.36. The smallest absolute Gasteiger partial charge is 0.350 e. The lowest BCUT2D eigenvalue weighted by molar-refractivity contribution is -0.150. The first-order valence-electron chi connectivity index (χ1n) is 12.8. The fourth-order valence-electron chi connectivity index (χ4n) is 4.13. The van der Waals surface area contributed by atoms with Gasteiger partial charge in [0.05, 0.1) is 18.0 Å². The molecule has 0 bridgehead atoms. The predicted octanol–water partition coefficient (Wildman–Crippen LogP) is 3.57. The number of esters is 2. The van der Waals surface area contributed by atoms with Crippen LogP contribution in [0.15, 0.2) is 24.3 Å². The van der Waals surface area contributed by atoms with Gasteiger partial charge in [0.25, 0.3) is 5.91 Å². The molecule has 1 amide bonds. The van der Waals surface area contributed by atoms with Crippen LogP contribution in [-0.4, -0.2) is 64.0 Å². The number of nitrogens with one attached hydrogen (secondary N) is 2. The number of anilines is 3. The van der Waals surface area contributed by atoms with Gasteiger partial charge >= 0.3 is 11.9 Å². The Bertz CT molecular complexity index is 1360. The third-order valence-corrected chi connectivity index (χ3v) is 7.20. The van der Waals surface area contributed by atoms with Crippen molar-refractivity contribution in [1.82, 2.24) is 19.9 Å². The quantitative estimate of drug-likeness (QED) is 0.379. The Morgan fingerprint density at radius 2 is 1.77 bits per heavy atom. The molecule has 12 heteroatoms. The molecule has 0 saturated carbocycles. The molecule has 0 radical (unpaired) electrons. The van der Waals surface area contributed by atoms with Gasteiger partial charge in [-0.15, -0.1) is 0 Å². The summed E-state index contributed by atoms with van der Waals surface area (Å²) >= 11 is 1.18. The van der Waals surface area contributed by atoms with Crippen LogP contribution in [0.3, 0.4) is 0 Å². The van der Waals surface area contributed by atoms with Gasteiger partial charge in [0.15, 0.2) is 11.7 Å². The highest BCUT2D eigenvalue weighted by atomic mass is 32.1. The van der Waals surface area contributed by atoms with Crippen LogP contribution in [0.25, 0.3) is 0 Å². The highest BCUT2D eigenvalue weighted by molar-refractivity contribution is 7.17. The number of hydrogen-bond acceptors (Lipinski definition) is 11. The maximum absolute atomic E-state index is 12.6. The Morgan fingerprint density at radius 1 is 1.03 bits per heavy atom. The summed E-state index contributed by atoms with van der Waals surface area (Å²) in [5.74, 6) is -0.153. The number of carbonyl (C=O) groups is 3. The molecule has 0 aliphatic carbocycles. The molecule has 39 heavy (non-hydrogen) atoms.